The molecule has 3 N–H and O–H groups in total. The van der Waals surface area contributed by atoms with E-state index in [1.54, 1.807) is 0 Å². The molecular weight excluding hydrogens is 300 g/mol. The first-order valence-electron chi connectivity index (χ1n) is 6.31. The summed E-state index contributed by atoms with van der Waals surface area (Å²) in [4.78, 5) is -0.298. The first kappa shape index (κ1) is 15.4. The number of sulfonamides is 2. The van der Waals surface area contributed by atoms with Crippen molar-refractivity contribution in [3.8, 4) is 0 Å². The molecule has 6 nitrogen and oxygen atoms in total. The van der Waals surface area contributed by atoms with E-state index in [0.29, 0.717) is 6.54 Å². The molecule has 0 radical (unpaired) electrons. The second-order valence-corrected chi connectivity index (χ2v) is 8.53. The molecule has 2 rings (SSSR count). The molecule has 1 aliphatic carbocycles. The molecule has 1 fully saturated rings. The molecule has 0 unspecified atom stereocenters. The molecule has 1 aromatic carbocycles. The highest BCUT2D eigenvalue weighted by Crippen LogP contribution is 2.48. The third kappa shape index (κ3) is 3.38. The van der Waals surface area contributed by atoms with Gasteiger partial charge in [0, 0.05) is 6.54 Å². The van der Waals surface area contributed by atoms with Crippen molar-refractivity contribution in [2.75, 3.05) is 6.54 Å². The van der Waals surface area contributed by atoms with Gasteiger partial charge >= 0.3 is 0 Å². The van der Waals surface area contributed by atoms with Gasteiger partial charge < -0.3 is 0 Å². The summed E-state index contributed by atoms with van der Waals surface area (Å²) in [5, 5.41) is 5.00. The lowest BCUT2D eigenvalue weighted by Crippen LogP contribution is -2.30. The van der Waals surface area contributed by atoms with Gasteiger partial charge in [0.25, 0.3) is 0 Å². The van der Waals surface area contributed by atoms with Gasteiger partial charge in [-0.3, -0.25) is 0 Å². The molecule has 0 saturated heterocycles. The lowest BCUT2D eigenvalue weighted by atomic mass is 10.1. The van der Waals surface area contributed by atoms with E-state index in [9.17, 15) is 16.8 Å². The Morgan fingerprint density at radius 1 is 1.20 bits per heavy atom. The minimum absolute atomic E-state index is 0.0740. The molecule has 112 valence electrons. The van der Waals surface area contributed by atoms with Crippen LogP contribution in [0.1, 0.15) is 26.2 Å². The quantitative estimate of drug-likeness (QED) is 0.809. The van der Waals surface area contributed by atoms with Gasteiger partial charge in [-0.05, 0) is 42.9 Å². The van der Waals surface area contributed by atoms with Crippen LogP contribution in [0.2, 0.25) is 0 Å². The number of hydrogen-bond donors (Lipinski definition) is 2. The lowest BCUT2D eigenvalue weighted by molar-refractivity contribution is 0.475. The predicted molar refractivity (Wildman–Crippen MR) is 75.0 cm³/mol. The Labute approximate surface area is 119 Å². The Balaban J connectivity index is 2.21. The van der Waals surface area contributed by atoms with Crippen molar-refractivity contribution >= 4 is 20.0 Å². The van der Waals surface area contributed by atoms with Gasteiger partial charge in [-0.1, -0.05) is 13.0 Å². The van der Waals surface area contributed by atoms with Crippen molar-refractivity contribution in [1.82, 2.24) is 4.72 Å². The largest absolute Gasteiger partial charge is 0.240 e. The SMILES string of the molecule is CCC1(CNS(=O)(=O)c2cccc(S(N)(=O)=O)c2)CC1. The minimum Gasteiger partial charge on any atom is -0.225 e. The summed E-state index contributed by atoms with van der Waals surface area (Å²) in [6.07, 6.45) is 2.96. The molecule has 20 heavy (non-hydrogen) atoms. The Morgan fingerprint density at radius 3 is 2.30 bits per heavy atom. The minimum atomic E-state index is -3.91. The maximum absolute atomic E-state index is 12.2. The summed E-state index contributed by atoms with van der Waals surface area (Å²) in [6.45, 7) is 2.41. The van der Waals surface area contributed by atoms with E-state index < -0.39 is 20.0 Å². The standard InChI is InChI=1S/C12H18N2O4S2/c1-2-12(6-7-12)9-14-20(17,18)11-5-3-4-10(8-11)19(13,15)16/h3-5,8,14H,2,6-7,9H2,1H3,(H2,13,15,16). The second kappa shape index (κ2) is 5.10. The molecular formula is C12H18N2O4S2. The fourth-order valence-electron chi connectivity index (χ4n) is 1.98. The number of hydrogen-bond acceptors (Lipinski definition) is 4. The van der Waals surface area contributed by atoms with Gasteiger partial charge in [0.1, 0.15) is 0 Å². The Hall–Kier alpha value is -0.960. The van der Waals surface area contributed by atoms with Crippen LogP contribution in [0.4, 0.5) is 0 Å². The molecule has 0 spiro atoms. The zero-order valence-electron chi connectivity index (χ0n) is 11.2. The van der Waals surface area contributed by atoms with Gasteiger partial charge in [-0.25, -0.2) is 26.7 Å². The van der Waals surface area contributed by atoms with Crippen LogP contribution in [0.15, 0.2) is 34.1 Å². The average molecular weight is 318 g/mol. The lowest BCUT2D eigenvalue weighted by Gasteiger charge is -2.14. The number of primary sulfonamides is 1. The highest BCUT2D eigenvalue weighted by molar-refractivity contribution is 7.90. The van der Waals surface area contributed by atoms with Gasteiger partial charge in [0.05, 0.1) is 9.79 Å². The molecule has 1 aromatic rings. The summed E-state index contributed by atoms with van der Waals surface area (Å²) in [6, 6.07) is 5.05. The third-order valence-electron chi connectivity index (χ3n) is 3.79. The van der Waals surface area contributed by atoms with Crippen LogP contribution in [0.3, 0.4) is 0 Å². The zero-order valence-corrected chi connectivity index (χ0v) is 12.8. The van der Waals surface area contributed by atoms with Crippen LogP contribution in [0.25, 0.3) is 0 Å². The summed E-state index contributed by atoms with van der Waals surface area (Å²) in [5.74, 6) is 0. The van der Waals surface area contributed by atoms with Gasteiger partial charge in [0.2, 0.25) is 20.0 Å². The molecule has 0 heterocycles. The highest BCUT2D eigenvalue weighted by atomic mass is 32.2. The topological polar surface area (TPSA) is 106 Å². The first-order chi connectivity index (χ1) is 9.19. The highest BCUT2D eigenvalue weighted by Gasteiger charge is 2.41. The van der Waals surface area contributed by atoms with E-state index >= 15 is 0 Å². The Morgan fingerprint density at radius 2 is 1.80 bits per heavy atom. The summed E-state index contributed by atoms with van der Waals surface area (Å²) < 4.78 is 49.4. The van der Waals surface area contributed by atoms with E-state index in [1.165, 1.54) is 18.2 Å². The van der Waals surface area contributed by atoms with E-state index in [2.05, 4.69) is 4.72 Å². The van der Waals surface area contributed by atoms with Gasteiger partial charge in [-0.2, -0.15) is 0 Å². The van der Waals surface area contributed by atoms with E-state index in [-0.39, 0.29) is 15.2 Å². The van der Waals surface area contributed by atoms with Crippen LogP contribution in [0.5, 0.6) is 0 Å². The maximum Gasteiger partial charge on any atom is 0.240 e. The zero-order chi connectivity index (χ0) is 15.0. The van der Waals surface area contributed by atoms with Crippen molar-refractivity contribution in [1.29, 1.82) is 0 Å². The van der Waals surface area contributed by atoms with E-state index in [0.717, 1.165) is 25.3 Å². The maximum atomic E-state index is 12.2. The summed E-state index contributed by atoms with van der Waals surface area (Å²) in [7, 11) is -7.63. The molecule has 0 atom stereocenters. The molecule has 0 bridgehead atoms. The molecule has 0 aromatic heterocycles. The van der Waals surface area contributed by atoms with Crippen molar-refractivity contribution in [3.63, 3.8) is 0 Å². The van der Waals surface area contributed by atoms with Crippen LogP contribution in [0, 0.1) is 5.41 Å². The number of rotatable bonds is 6. The molecule has 8 heteroatoms. The van der Waals surface area contributed by atoms with Crippen molar-refractivity contribution < 1.29 is 16.8 Å². The van der Waals surface area contributed by atoms with Crippen molar-refractivity contribution in [3.05, 3.63) is 24.3 Å². The number of benzene rings is 1. The van der Waals surface area contributed by atoms with Crippen LogP contribution in [-0.2, 0) is 20.0 Å². The normalized spacial score (nSPS) is 17.9. The van der Waals surface area contributed by atoms with Crippen LogP contribution in [-0.4, -0.2) is 23.4 Å². The number of nitrogens with two attached hydrogens (primary N) is 1. The third-order valence-corrected chi connectivity index (χ3v) is 6.10. The first-order valence-corrected chi connectivity index (χ1v) is 9.34. The average Bonchev–Trinajstić information content (AvgIpc) is 3.16. The van der Waals surface area contributed by atoms with Crippen LogP contribution >= 0.6 is 0 Å². The monoisotopic (exact) mass is 318 g/mol. The number of nitrogens with one attached hydrogen (secondary N) is 1. The van der Waals surface area contributed by atoms with E-state index in [4.69, 9.17) is 5.14 Å². The molecule has 1 saturated carbocycles. The molecule has 0 aliphatic heterocycles. The summed E-state index contributed by atoms with van der Waals surface area (Å²) in [5.41, 5.74) is 0.0740. The van der Waals surface area contributed by atoms with Gasteiger partial charge in [0.15, 0.2) is 0 Å². The van der Waals surface area contributed by atoms with Crippen molar-refractivity contribution in [2.24, 2.45) is 10.6 Å². The summed E-state index contributed by atoms with van der Waals surface area (Å²) >= 11 is 0. The molecule has 1 aliphatic rings. The van der Waals surface area contributed by atoms with Gasteiger partial charge in [-0.15, -0.1) is 0 Å². The fraction of sp³-hybridized carbons (Fsp3) is 0.500. The van der Waals surface area contributed by atoms with Crippen LogP contribution < -0.4 is 9.86 Å². The fourth-order valence-corrected chi connectivity index (χ4v) is 3.82. The van der Waals surface area contributed by atoms with Crippen molar-refractivity contribution in [2.45, 2.75) is 36.0 Å². The Kier molecular flexibility index (Phi) is 3.94. The smallest absolute Gasteiger partial charge is 0.225 e. The second-order valence-electron chi connectivity index (χ2n) is 5.20. The van der Waals surface area contributed by atoms with E-state index in [1.807, 2.05) is 6.92 Å². The Bertz CT molecular complexity index is 707. The molecule has 0 amide bonds. The predicted octanol–water partition coefficient (Wildman–Crippen LogP) is 0.803.